The Morgan fingerprint density at radius 2 is 2.42 bits per heavy atom. The first-order chi connectivity index (χ1) is 5.74. The molecule has 2 unspecified atom stereocenters. The maximum absolute atomic E-state index is 11.3. The van der Waals surface area contributed by atoms with E-state index in [1.807, 2.05) is 6.92 Å². The number of hydrogen-bond donors (Lipinski definition) is 2. The summed E-state index contributed by atoms with van der Waals surface area (Å²) in [6.45, 7) is 3.00. The van der Waals surface area contributed by atoms with E-state index in [1.165, 1.54) is 0 Å². The number of amides is 1. The molecule has 1 amide bonds. The number of rotatable bonds is 3. The summed E-state index contributed by atoms with van der Waals surface area (Å²) < 4.78 is 5.37. The molecule has 70 valence electrons. The summed E-state index contributed by atoms with van der Waals surface area (Å²) in [5.41, 5.74) is 5.25. The first kappa shape index (κ1) is 9.48. The Labute approximate surface area is 72.5 Å². The Hall–Kier alpha value is -0.610. The first-order valence-electron chi connectivity index (χ1n) is 4.37. The fourth-order valence-electron chi connectivity index (χ4n) is 1.30. The lowest BCUT2D eigenvalue weighted by Crippen LogP contribution is -2.37. The highest BCUT2D eigenvalue weighted by Gasteiger charge is 2.27. The number of carbonyl (C=O) groups is 1. The van der Waals surface area contributed by atoms with Crippen LogP contribution in [-0.2, 0) is 9.53 Å². The molecule has 0 aromatic carbocycles. The van der Waals surface area contributed by atoms with Gasteiger partial charge in [0.25, 0.3) is 0 Å². The Balaban J connectivity index is 2.23. The Morgan fingerprint density at radius 1 is 1.67 bits per heavy atom. The summed E-state index contributed by atoms with van der Waals surface area (Å²) in [5.74, 6) is -0.0233. The molecular weight excluding hydrogens is 156 g/mol. The molecular formula is C8H16N2O2. The predicted octanol–water partition coefficient (Wildman–Crippen LogP) is -0.371. The molecule has 0 spiro atoms. The normalized spacial score (nSPS) is 28.8. The van der Waals surface area contributed by atoms with E-state index in [0.29, 0.717) is 13.1 Å². The zero-order chi connectivity index (χ0) is 8.97. The maximum atomic E-state index is 11.3. The van der Waals surface area contributed by atoms with E-state index >= 15 is 0 Å². The monoisotopic (exact) mass is 172 g/mol. The smallest absolute Gasteiger partial charge is 0.249 e. The van der Waals surface area contributed by atoms with E-state index in [2.05, 4.69) is 5.32 Å². The van der Waals surface area contributed by atoms with Crippen molar-refractivity contribution >= 4 is 5.91 Å². The van der Waals surface area contributed by atoms with Crippen LogP contribution in [0.5, 0.6) is 0 Å². The summed E-state index contributed by atoms with van der Waals surface area (Å²) in [5, 5.41) is 2.71. The average molecular weight is 172 g/mol. The van der Waals surface area contributed by atoms with Gasteiger partial charge in [0.15, 0.2) is 0 Å². The van der Waals surface area contributed by atoms with Gasteiger partial charge in [-0.15, -0.1) is 0 Å². The van der Waals surface area contributed by atoms with Gasteiger partial charge in [-0.25, -0.2) is 0 Å². The van der Waals surface area contributed by atoms with E-state index < -0.39 is 0 Å². The third-order valence-corrected chi connectivity index (χ3v) is 1.97. The van der Waals surface area contributed by atoms with Crippen LogP contribution in [0.1, 0.15) is 19.8 Å². The molecule has 1 aliphatic rings. The van der Waals surface area contributed by atoms with Crippen LogP contribution in [0, 0.1) is 0 Å². The quantitative estimate of drug-likeness (QED) is 0.610. The van der Waals surface area contributed by atoms with E-state index in [4.69, 9.17) is 10.5 Å². The van der Waals surface area contributed by atoms with Gasteiger partial charge in [-0.2, -0.15) is 0 Å². The molecule has 4 nitrogen and oxygen atoms in total. The molecule has 0 aromatic rings. The molecule has 0 saturated carbocycles. The van der Waals surface area contributed by atoms with Crippen molar-refractivity contribution in [1.29, 1.82) is 0 Å². The van der Waals surface area contributed by atoms with Gasteiger partial charge >= 0.3 is 0 Å². The zero-order valence-electron chi connectivity index (χ0n) is 7.38. The third kappa shape index (κ3) is 2.46. The highest BCUT2D eigenvalue weighted by molar-refractivity contribution is 5.80. The maximum Gasteiger partial charge on any atom is 0.249 e. The van der Waals surface area contributed by atoms with Crippen molar-refractivity contribution in [2.45, 2.75) is 32.0 Å². The fourth-order valence-corrected chi connectivity index (χ4v) is 1.30. The van der Waals surface area contributed by atoms with Crippen molar-refractivity contribution in [3.63, 3.8) is 0 Å². The van der Waals surface area contributed by atoms with Gasteiger partial charge in [0.1, 0.15) is 6.10 Å². The predicted molar refractivity (Wildman–Crippen MR) is 45.6 cm³/mol. The summed E-state index contributed by atoms with van der Waals surface area (Å²) in [6, 6.07) is 0. The van der Waals surface area contributed by atoms with Gasteiger partial charge < -0.3 is 15.8 Å². The molecule has 1 aliphatic heterocycles. The molecule has 4 heteroatoms. The van der Waals surface area contributed by atoms with Gasteiger partial charge in [-0.1, -0.05) is 0 Å². The second kappa shape index (κ2) is 4.42. The molecule has 12 heavy (non-hydrogen) atoms. The first-order valence-corrected chi connectivity index (χ1v) is 4.37. The summed E-state index contributed by atoms with van der Waals surface area (Å²) in [7, 11) is 0. The van der Waals surface area contributed by atoms with E-state index in [-0.39, 0.29) is 18.1 Å². The minimum atomic E-state index is -0.244. The zero-order valence-corrected chi connectivity index (χ0v) is 7.38. The van der Waals surface area contributed by atoms with Crippen molar-refractivity contribution in [3.8, 4) is 0 Å². The average Bonchev–Trinajstić information content (AvgIpc) is 2.47. The molecule has 0 aliphatic carbocycles. The van der Waals surface area contributed by atoms with Gasteiger partial charge in [0.05, 0.1) is 6.10 Å². The van der Waals surface area contributed by atoms with Crippen molar-refractivity contribution < 1.29 is 9.53 Å². The van der Waals surface area contributed by atoms with Gasteiger partial charge in [0, 0.05) is 13.1 Å². The van der Waals surface area contributed by atoms with Gasteiger partial charge in [-0.3, -0.25) is 4.79 Å². The molecule has 3 N–H and O–H groups in total. The Morgan fingerprint density at radius 3 is 2.92 bits per heavy atom. The van der Waals surface area contributed by atoms with Gasteiger partial charge in [0.2, 0.25) is 5.91 Å². The van der Waals surface area contributed by atoms with Crippen molar-refractivity contribution in [3.05, 3.63) is 0 Å². The van der Waals surface area contributed by atoms with Crippen LogP contribution in [-0.4, -0.2) is 31.2 Å². The second-order valence-corrected chi connectivity index (χ2v) is 3.09. The molecule has 0 aromatic heterocycles. The lowest BCUT2D eigenvalue weighted by Gasteiger charge is -2.10. The number of carbonyl (C=O) groups excluding carboxylic acids is 1. The van der Waals surface area contributed by atoms with Crippen LogP contribution in [0.4, 0.5) is 0 Å². The molecule has 2 atom stereocenters. The number of ether oxygens (including phenoxy) is 1. The van der Waals surface area contributed by atoms with E-state index in [9.17, 15) is 4.79 Å². The molecule has 0 bridgehead atoms. The van der Waals surface area contributed by atoms with Crippen LogP contribution in [0.25, 0.3) is 0 Å². The summed E-state index contributed by atoms with van der Waals surface area (Å²) in [6.07, 6.45) is 1.78. The number of nitrogens with two attached hydrogens (primary N) is 1. The van der Waals surface area contributed by atoms with Crippen molar-refractivity contribution in [2.75, 3.05) is 13.1 Å². The number of hydrogen-bond acceptors (Lipinski definition) is 3. The fraction of sp³-hybridized carbons (Fsp3) is 0.875. The van der Waals surface area contributed by atoms with Crippen molar-refractivity contribution in [2.24, 2.45) is 5.73 Å². The van der Waals surface area contributed by atoms with E-state index in [1.54, 1.807) is 0 Å². The SMILES string of the molecule is CC1CCC(C(=O)NCCN)O1. The Kier molecular flexibility index (Phi) is 3.49. The lowest BCUT2D eigenvalue weighted by atomic mass is 10.2. The van der Waals surface area contributed by atoms with Gasteiger partial charge in [-0.05, 0) is 19.8 Å². The van der Waals surface area contributed by atoms with Crippen LogP contribution < -0.4 is 11.1 Å². The topological polar surface area (TPSA) is 64.4 Å². The van der Waals surface area contributed by atoms with Crippen LogP contribution in [0.2, 0.25) is 0 Å². The molecule has 1 rings (SSSR count). The third-order valence-electron chi connectivity index (χ3n) is 1.97. The summed E-state index contributed by atoms with van der Waals surface area (Å²) >= 11 is 0. The second-order valence-electron chi connectivity index (χ2n) is 3.09. The van der Waals surface area contributed by atoms with Crippen LogP contribution in [0.15, 0.2) is 0 Å². The standard InChI is InChI=1S/C8H16N2O2/c1-6-2-3-7(12-6)8(11)10-5-4-9/h6-7H,2-5,9H2,1H3,(H,10,11). The Bertz CT molecular complexity index is 161. The minimum absolute atomic E-state index is 0.0233. The summed E-state index contributed by atoms with van der Waals surface area (Å²) in [4.78, 5) is 11.3. The molecule has 0 radical (unpaired) electrons. The number of nitrogens with one attached hydrogen (secondary N) is 1. The highest BCUT2D eigenvalue weighted by Crippen LogP contribution is 2.18. The van der Waals surface area contributed by atoms with Crippen LogP contribution >= 0.6 is 0 Å². The molecule has 1 fully saturated rings. The lowest BCUT2D eigenvalue weighted by molar-refractivity contribution is -0.131. The highest BCUT2D eigenvalue weighted by atomic mass is 16.5. The van der Waals surface area contributed by atoms with Crippen molar-refractivity contribution in [1.82, 2.24) is 5.32 Å². The molecule has 1 saturated heterocycles. The largest absolute Gasteiger partial charge is 0.365 e. The van der Waals surface area contributed by atoms with E-state index in [0.717, 1.165) is 12.8 Å². The van der Waals surface area contributed by atoms with Crippen LogP contribution in [0.3, 0.4) is 0 Å². The minimum Gasteiger partial charge on any atom is -0.365 e. The molecule has 1 heterocycles.